The van der Waals surface area contributed by atoms with Crippen LogP contribution in [0, 0.1) is 6.92 Å². The fourth-order valence-corrected chi connectivity index (χ4v) is 2.53. The van der Waals surface area contributed by atoms with Gasteiger partial charge in [0.05, 0.1) is 0 Å². The Balaban J connectivity index is 1.58. The van der Waals surface area contributed by atoms with Crippen LogP contribution in [0.15, 0.2) is 30.7 Å². The van der Waals surface area contributed by atoms with Crippen LogP contribution >= 0.6 is 0 Å². The fraction of sp³-hybridized carbons (Fsp3) is 0.375. The minimum Gasteiger partial charge on any atom is -0.490 e. The van der Waals surface area contributed by atoms with E-state index in [2.05, 4.69) is 19.9 Å². The standard InChI is InChI=1S/C16H19N5O2/c1-11-9-19-16(20-10-11)21-6-3-12(4-7-21)23-13-2-5-18-14(8-13)15(17)22/h2,5,8-10,12H,3-4,6-7H2,1H3,(H2,17,22). The van der Waals surface area contributed by atoms with Crippen molar-refractivity contribution in [2.24, 2.45) is 5.73 Å². The molecule has 1 fully saturated rings. The Hall–Kier alpha value is -2.70. The Labute approximate surface area is 134 Å². The number of nitrogens with two attached hydrogens (primary N) is 1. The summed E-state index contributed by atoms with van der Waals surface area (Å²) in [6, 6.07) is 3.32. The van der Waals surface area contributed by atoms with Gasteiger partial charge >= 0.3 is 0 Å². The summed E-state index contributed by atoms with van der Waals surface area (Å²) in [5, 5.41) is 0. The molecule has 0 bridgehead atoms. The number of carbonyl (C=O) groups is 1. The molecule has 1 saturated heterocycles. The molecular formula is C16H19N5O2. The lowest BCUT2D eigenvalue weighted by atomic mass is 10.1. The Morgan fingerprint density at radius 1 is 1.26 bits per heavy atom. The maximum Gasteiger partial charge on any atom is 0.267 e. The summed E-state index contributed by atoms with van der Waals surface area (Å²) in [5.41, 5.74) is 6.50. The smallest absolute Gasteiger partial charge is 0.267 e. The highest BCUT2D eigenvalue weighted by Crippen LogP contribution is 2.21. The van der Waals surface area contributed by atoms with E-state index in [9.17, 15) is 4.79 Å². The third-order valence-corrected chi connectivity index (χ3v) is 3.78. The van der Waals surface area contributed by atoms with Crippen molar-refractivity contribution in [1.29, 1.82) is 0 Å². The molecule has 0 atom stereocenters. The minimum absolute atomic E-state index is 0.0971. The van der Waals surface area contributed by atoms with Crippen LogP contribution in [0.25, 0.3) is 0 Å². The Morgan fingerprint density at radius 2 is 1.96 bits per heavy atom. The van der Waals surface area contributed by atoms with Crippen molar-refractivity contribution in [2.45, 2.75) is 25.9 Å². The van der Waals surface area contributed by atoms with Gasteiger partial charge in [0.2, 0.25) is 5.95 Å². The van der Waals surface area contributed by atoms with E-state index in [4.69, 9.17) is 10.5 Å². The number of rotatable bonds is 4. The highest BCUT2D eigenvalue weighted by Gasteiger charge is 2.22. The zero-order valence-electron chi connectivity index (χ0n) is 13.0. The Bertz CT molecular complexity index is 681. The molecule has 1 aliphatic heterocycles. The molecule has 0 unspecified atom stereocenters. The van der Waals surface area contributed by atoms with Crippen molar-refractivity contribution in [2.75, 3.05) is 18.0 Å². The van der Waals surface area contributed by atoms with Crippen LogP contribution in [0.5, 0.6) is 5.75 Å². The molecule has 2 aromatic heterocycles. The second-order valence-corrected chi connectivity index (χ2v) is 5.61. The van der Waals surface area contributed by atoms with Crippen molar-refractivity contribution >= 4 is 11.9 Å². The second-order valence-electron chi connectivity index (χ2n) is 5.61. The SMILES string of the molecule is Cc1cnc(N2CCC(Oc3ccnc(C(N)=O)c3)CC2)nc1. The number of primary amides is 1. The zero-order chi connectivity index (χ0) is 16.2. The number of piperidine rings is 1. The van der Waals surface area contributed by atoms with Gasteiger partial charge in [0.25, 0.3) is 5.91 Å². The highest BCUT2D eigenvalue weighted by molar-refractivity contribution is 5.91. The van der Waals surface area contributed by atoms with E-state index in [-0.39, 0.29) is 11.8 Å². The molecule has 3 rings (SSSR count). The van der Waals surface area contributed by atoms with Gasteiger partial charge < -0.3 is 15.4 Å². The summed E-state index contributed by atoms with van der Waals surface area (Å²) < 4.78 is 5.93. The van der Waals surface area contributed by atoms with Crippen molar-refractivity contribution in [1.82, 2.24) is 15.0 Å². The molecule has 1 aliphatic rings. The molecule has 0 aliphatic carbocycles. The fourth-order valence-electron chi connectivity index (χ4n) is 2.53. The van der Waals surface area contributed by atoms with Gasteiger partial charge in [-0.15, -0.1) is 0 Å². The summed E-state index contributed by atoms with van der Waals surface area (Å²) in [6.45, 7) is 3.64. The number of aryl methyl sites for hydroxylation is 1. The minimum atomic E-state index is -0.554. The number of ether oxygens (including phenoxy) is 1. The van der Waals surface area contributed by atoms with Crippen LogP contribution < -0.4 is 15.4 Å². The number of anilines is 1. The molecule has 3 heterocycles. The predicted octanol–water partition coefficient (Wildman–Crippen LogP) is 1.33. The molecule has 7 nitrogen and oxygen atoms in total. The summed E-state index contributed by atoms with van der Waals surface area (Å²) in [7, 11) is 0. The average Bonchev–Trinajstić information content (AvgIpc) is 2.57. The number of pyridine rings is 1. The monoisotopic (exact) mass is 313 g/mol. The lowest BCUT2D eigenvalue weighted by Crippen LogP contribution is -2.39. The summed E-state index contributed by atoms with van der Waals surface area (Å²) in [5.74, 6) is 0.828. The van der Waals surface area contributed by atoms with Gasteiger partial charge in [0.1, 0.15) is 17.5 Å². The molecule has 2 N–H and O–H groups in total. The third-order valence-electron chi connectivity index (χ3n) is 3.78. The van der Waals surface area contributed by atoms with Gasteiger partial charge in [0, 0.05) is 50.6 Å². The lowest BCUT2D eigenvalue weighted by Gasteiger charge is -2.32. The third kappa shape index (κ3) is 3.74. The molecule has 23 heavy (non-hydrogen) atoms. The van der Waals surface area contributed by atoms with Gasteiger partial charge in [0.15, 0.2) is 0 Å². The van der Waals surface area contributed by atoms with E-state index >= 15 is 0 Å². The predicted molar refractivity (Wildman–Crippen MR) is 85.4 cm³/mol. The van der Waals surface area contributed by atoms with Crippen molar-refractivity contribution < 1.29 is 9.53 Å². The molecule has 1 amide bonds. The molecular weight excluding hydrogens is 294 g/mol. The number of nitrogens with zero attached hydrogens (tertiary/aromatic N) is 4. The van der Waals surface area contributed by atoms with Gasteiger partial charge in [-0.25, -0.2) is 9.97 Å². The first-order valence-corrected chi connectivity index (χ1v) is 7.58. The molecule has 0 saturated carbocycles. The largest absolute Gasteiger partial charge is 0.490 e. The van der Waals surface area contributed by atoms with E-state index in [1.807, 2.05) is 19.3 Å². The van der Waals surface area contributed by atoms with E-state index < -0.39 is 5.91 Å². The van der Waals surface area contributed by atoms with E-state index in [1.165, 1.54) is 6.20 Å². The van der Waals surface area contributed by atoms with E-state index in [0.29, 0.717) is 5.75 Å². The summed E-state index contributed by atoms with van der Waals surface area (Å²) in [6.07, 6.45) is 7.02. The Kier molecular flexibility index (Phi) is 4.36. The van der Waals surface area contributed by atoms with Gasteiger partial charge in [-0.3, -0.25) is 9.78 Å². The van der Waals surface area contributed by atoms with Crippen LogP contribution in [0.4, 0.5) is 5.95 Å². The number of hydrogen-bond acceptors (Lipinski definition) is 6. The van der Waals surface area contributed by atoms with Crippen LogP contribution in [0.1, 0.15) is 28.9 Å². The maximum atomic E-state index is 11.2. The number of amides is 1. The van der Waals surface area contributed by atoms with Gasteiger partial charge in [-0.05, 0) is 18.6 Å². The Morgan fingerprint density at radius 3 is 2.61 bits per heavy atom. The molecule has 2 aromatic rings. The van der Waals surface area contributed by atoms with Gasteiger partial charge in [-0.2, -0.15) is 0 Å². The summed E-state index contributed by atoms with van der Waals surface area (Å²) in [4.78, 5) is 25.9. The van der Waals surface area contributed by atoms with Crippen molar-refractivity contribution in [3.05, 3.63) is 42.0 Å². The van der Waals surface area contributed by atoms with Crippen LogP contribution in [-0.4, -0.2) is 40.1 Å². The first-order valence-electron chi connectivity index (χ1n) is 7.58. The van der Waals surface area contributed by atoms with Gasteiger partial charge in [-0.1, -0.05) is 0 Å². The molecule has 120 valence electrons. The first kappa shape index (κ1) is 15.2. The number of aromatic nitrogens is 3. The van der Waals surface area contributed by atoms with E-state index in [1.54, 1.807) is 12.1 Å². The van der Waals surface area contributed by atoms with Crippen LogP contribution in [0.2, 0.25) is 0 Å². The molecule has 0 aromatic carbocycles. The van der Waals surface area contributed by atoms with Crippen LogP contribution in [-0.2, 0) is 0 Å². The van der Waals surface area contributed by atoms with Crippen molar-refractivity contribution in [3.63, 3.8) is 0 Å². The maximum absolute atomic E-state index is 11.2. The zero-order valence-corrected chi connectivity index (χ0v) is 13.0. The van der Waals surface area contributed by atoms with Crippen LogP contribution in [0.3, 0.4) is 0 Å². The molecule has 0 radical (unpaired) electrons. The molecule has 0 spiro atoms. The molecule has 7 heteroatoms. The number of hydrogen-bond donors (Lipinski definition) is 1. The number of carbonyl (C=O) groups excluding carboxylic acids is 1. The second kappa shape index (κ2) is 6.60. The van der Waals surface area contributed by atoms with E-state index in [0.717, 1.165) is 37.4 Å². The average molecular weight is 313 g/mol. The summed E-state index contributed by atoms with van der Waals surface area (Å²) >= 11 is 0. The lowest BCUT2D eigenvalue weighted by molar-refractivity contribution is 0.0994. The van der Waals surface area contributed by atoms with Crippen molar-refractivity contribution in [3.8, 4) is 5.75 Å². The quantitative estimate of drug-likeness (QED) is 0.915. The first-order chi connectivity index (χ1) is 11.1. The highest BCUT2D eigenvalue weighted by atomic mass is 16.5. The topological polar surface area (TPSA) is 94.2 Å². The normalized spacial score (nSPS) is 15.4.